The Morgan fingerprint density at radius 1 is 1.23 bits per heavy atom. The molecule has 0 unspecified atom stereocenters. The van der Waals surface area contributed by atoms with Gasteiger partial charge in [-0.05, 0) is 81.2 Å². The normalized spacial score (nSPS) is 23.1. The first-order valence-electron chi connectivity index (χ1n) is 18.6. The minimum absolute atomic E-state index is 0.0745. The average molecular weight is 727 g/mol. The van der Waals surface area contributed by atoms with E-state index in [1.54, 1.807) is 7.11 Å². The van der Waals surface area contributed by atoms with Gasteiger partial charge in [0.1, 0.15) is 17.9 Å². The lowest BCUT2D eigenvalue weighted by Gasteiger charge is -2.42. The van der Waals surface area contributed by atoms with Crippen molar-refractivity contribution in [1.82, 2.24) is 30.3 Å². The number of hydrogen-bond acceptors (Lipinski definition) is 9. The van der Waals surface area contributed by atoms with E-state index in [-0.39, 0.29) is 42.3 Å². The molecule has 52 heavy (non-hydrogen) atoms. The van der Waals surface area contributed by atoms with Gasteiger partial charge in [-0.15, -0.1) is 11.3 Å². The van der Waals surface area contributed by atoms with Gasteiger partial charge in [0.25, 0.3) is 5.91 Å². The van der Waals surface area contributed by atoms with Crippen LogP contribution in [-0.2, 0) is 43.2 Å². The van der Waals surface area contributed by atoms with Crippen LogP contribution in [0.2, 0.25) is 0 Å². The van der Waals surface area contributed by atoms with Crippen LogP contribution in [0.3, 0.4) is 0 Å². The van der Waals surface area contributed by atoms with Crippen LogP contribution in [-0.4, -0.2) is 76.1 Å². The molecule has 2 aliphatic heterocycles. The van der Waals surface area contributed by atoms with Crippen molar-refractivity contribution in [2.24, 2.45) is 11.3 Å². The van der Waals surface area contributed by atoms with Crippen molar-refractivity contribution >= 4 is 40.3 Å². The Bertz CT molecular complexity index is 1970. The van der Waals surface area contributed by atoms with Gasteiger partial charge in [-0.3, -0.25) is 19.6 Å². The summed E-state index contributed by atoms with van der Waals surface area (Å²) in [5, 5.41) is 8.50. The number of fused-ring (bicyclic) bond motifs is 6. The fraction of sp³-hybridized carbons (Fsp3) is 0.525. The van der Waals surface area contributed by atoms with Crippen LogP contribution in [0, 0.1) is 11.3 Å². The molecule has 4 aromatic rings. The van der Waals surface area contributed by atoms with E-state index in [1.807, 2.05) is 24.6 Å². The van der Waals surface area contributed by atoms with E-state index in [0.29, 0.717) is 32.4 Å². The van der Waals surface area contributed by atoms with E-state index in [4.69, 9.17) is 19.4 Å². The molecule has 6 bridgehead atoms. The number of ether oxygens (including phenoxy) is 2. The molecule has 2 amide bonds. The maximum atomic E-state index is 14.2. The number of aldehydes is 1. The van der Waals surface area contributed by atoms with Gasteiger partial charge in [0, 0.05) is 66.1 Å². The third-order valence-corrected chi connectivity index (χ3v) is 11.9. The lowest BCUT2D eigenvalue weighted by molar-refractivity contribution is -0.147. The highest BCUT2D eigenvalue weighted by molar-refractivity contribution is 7.10. The number of thiazole rings is 1. The fourth-order valence-electron chi connectivity index (χ4n) is 7.87. The van der Waals surface area contributed by atoms with Crippen LogP contribution in [0.25, 0.3) is 33.4 Å². The molecule has 276 valence electrons. The Balaban J connectivity index is 1.36. The molecule has 0 spiro atoms. The molecule has 1 saturated carbocycles. The third kappa shape index (κ3) is 7.05. The largest absolute Gasteiger partial charge is 0.378 e. The number of rotatable bonds is 7. The summed E-state index contributed by atoms with van der Waals surface area (Å²) in [7, 11) is 1.71. The first kappa shape index (κ1) is 36.4. The summed E-state index contributed by atoms with van der Waals surface area (Å²) in [4.78, 5) is 50.0. The average Bonchev–Trinajstić information content (AvgIpc) is 3.71. The molecule has 3 aliphatic rings. The second-order valence-corrected chi connectivity index (χ2v) is 16.4. The zero-order valence-electron chi connectivity index (χ0n) is 30.9. The maximum Gasteiger partial charge on any atom is 0.259 e. The quantitative estimate of drug-likeness (QED) is 0.221. The number of nitrogens with one attached hydrogen (secondary N) is 2. The molecular weight excluding hydrogens is 677 g/mol. The standard InChI is InChI=1S/C40H50N6O5S/c1-6-45-33-14-13-27-18-29(33)30(36(45)28-12-8-16-41-35(28)25(2)50-5)20-39(3,4)23-51-24-40(22-47)15-9-17-46(44-40)38(49)31(19-34-42-32(27)21-52-34)43-37(48)26-10-7-11-26/h8,12-14,16,18,21-22,25-26,31,44H,6-7,9-11,15,17,19-20,23-24H2,1-5H3,(H,43,48)/t25-,31-,40-/m0/s1. The summed E-state index contributed by atoms with van der Waals surface area (Å²) in [6, 6.07) is 9.82. The highest BCUT2D eigenvalue weighted by Gasteiger charge is 2.41. The highest BCUT2D eigenvalue weighted by Crippen LogP contribution is 2.42. The van der Waals surface area contributed by atoms with Gasteiger partial charge in [0.05, 0.1) is 41.4 Å². The van der Waals surface area contributed by atoms with Crippen LogP contribution < -0.4 is 10.7 Å². The van der Waals surface area contributed by atoms with E-state index < -0.39 is 11.6 Å². The van der Waals surface area contributed by atoms with E-state index >= 15 is 0 Å². The Morgan fingerprint density at radius 2 is 2.06 bits per heavy atom. The number of benzene rings is 1. The summed E-state index contributed by atoms with van der Waals surface area (Å²) in [5.74, 6) is -0.443. The Labute approximate surface area is 309 Å². The van der Waals surface area contributed by atoms with Crippen molar-refractivity contribution in [2.75, 3.05) is 26.9 Å². The van der Waals surface area contributed by atoms with Gasteiger partial charge in [0.15, 0.2) is 0 Å². The summed E-state index contributed by atoms with van der Waals surface area (Å²) < 4.78 is 14.6. The van der Waals surface area contributed by atoms with Crippen LogP contribution in [0.5, 0.6) is 0 Å². The molecule has 3 atom stereocenters. The van der Waals surface area contributed by atoms with Crippen LogP contribution in [0.4, 0.5) is 0 Å². The number of carbonyl (C=O) groups excluding carboxylic acids is 3. The summed E-state index contributed by atoms with van der Waals surface area (Å²) >= 11 is 1.49. The monoisotopic (exact) mass is 726 g/mol. The SMILES string of the molecule is CCn1c(-c2cccnc2[C@H](C)OC)c2c3cc(ccc31)-c1csc(n1)C[C@H](NC(=O)C1CCC1)C(=O)N1CCC[C@](C=O)(COCC(C)(C)C2)N1. The van der Waals surface area contributed by atoms with E-state index in [2.05, 4.69) is 60.3 Å². The van der Waals surface area contributed by atoms with E-state index in [9.17, 15) is 14.4 Å². The van der Waals surface area contributed by atoms with Crippen LogP contribution in [0.1, 0.15) is 82.2 Å². The Morgan fingerprint density at radius 3 is 2.79 bits per heavy atom. The molecular formula is C40H50N6O5S. The smallest absolute Gasteiger partial charge is 0.259 e. The number of nitrogens with zero attached hydrogens (tertiary/aromatic N) is 4. The molecule has 12 heteroatoms. The van der Waals surface area contributed by atoms with Gasteiger partial charge >= 0.3 is 0 Å². The number of carbonyl (C=O) groups is 3. The molecule has 1 aliphatic carbocycles. The third-order valence-electron chi connectivity index (χ3n) is 11.0. The Kier molecular flexibility index (Phi) is 10.4. The lowest BCUT2D eigenvalue weighted by atomic mass is 9.84. The first-order chi connectivity index (χ1) is 25.0. The van der Waals surface area contributed by atoms with Gasteiger partial charge in [0.2, 0.25) is 5.91 Å². The number of aromatic nitrogens is 3. The zero-order valence-corrected chi connectivity index (χ0v) is 31.7. The first-order valence-corrected chi connectivity index (χ1v) is 19.4. The number of hydrogen-bond donors (Lipinski definition) is 2. The van der Waals surface area contributed by atoms with E-state index in [0.717, 1.165) is 76.2 Å². The molecule has 7 rings (SSSR count). The van der Waals surface area contributed by atoms with Crippen LogP contribution in [0.15, 0.2) is 41.9 Å². The number of pyridine rings is 1. The van der Waals surface area contributed by atoms with Gasteiger partial charge < -0.3 is 24.2 Å². The number of methoxy groups -OCH3 is 1. The van der Waals surface area contributed by atoms with Crippen molar-refractivity contribution in [3.8, 4) is 22.5 Å². The maximum absolute atomic E-state index is 14.2. The molecule has 3 aromatic heterocycles. The van der Waals surface area contributed by atoms with Crippen molar-refractivity contribution < 1.29 is 23.9 Å². The zero-order chi connectivity index (χ0) is 36.6. The number of aryl methyl sites for hydroxylation is 1. The van der Waals surface area contributed by atoms with E-state index in [1.165, 1.54) is 21.9 Å². The molecule has 2 fully saturated rings. The summed E-state index contributed by atoms with van der Waals surface area (Å²) in [6.45, 7) is 10.3. The summed E-state index contributed by atoms with van der Waals surface area (Å²) in [5.41, 5.74) is 8.99. The molecule has 1 saturated heterocycles. The molecule has 1 aromatic carbocycles. The number of amides is 2. The predicted molar refractivity (Wildman–Crippen MR) is 202 cm³/mol. The van der Waals surface area contributed by atoms with Crippen molar-refractivity contribution in [1.29, 1.82) is 0 Å². The van der Waals surface area contributed by atoms with Crippen molar-refractivity contribution in [3.05, 3.63) is 58.2 Å². The highest BCUT2D eigenvalue weighted by atomic mass is 32.1. The predicted octanol–water partition coefficient (Wildman–Crippen LogP) is 6.05. The molecule has 0 radical (unpaired) electrons. The lowest BCUT2D eigenvalue weighted by Crippen LogP contribution is -2.66. The fourth-order valence-corrected chi connectivity index (χ4v) is 8.72. The number of hydrazine groups is 1. The minimum atomic E-state index is -1.06. The van der Waals surface area contributed by atoms with Gasteiger partial charge in [-0.2, -0.15) is 0 Å². The molecule has 5 heterocycles. The van der Waals surface area contributed by atoms with Crippen molar-refractivity contribution in [2.45, 2.75) is 96.9 Å². The van der Waals surface area contributed by atoms with Crippen molar-refractivity contribution in [3.63, 3.8) is 0 Å². The minimum Gasteiger partial charge on any atom is -0.378 e. The second-order valence-electron chi connectivity index (χ2n) is 15.5. The molecule has 11 nitrogen and oxygen atoms in total. The second kappa shape index (κ2) is 14.8. The Hall–Kier alpha value is -3.97. The van der Waals surface area contributed by atoms with Gasteiger partial charge in [-0.25, -0.2) is 10.4 Å². The molecule has 2 N–H and O–H groups in total. The van der Waals surface area contributed by atoms with Crippen LogP contribution >= 0.6 is 11.3 Å². The topological polar surface area (TPSA) is 128 Å². The summed E-state index contributed by atoms with van der Waals surface area (Å²) in [6.07, 6.45) is 7.28. The van der Waals surface area contributed by atoms with Gasteiger partial charge in [-0.1, -0.05) is 26.3 Å².